The maximum atomic E-state index is 13.0. The Kier molecular flexibility index (Phi) is 5.96. The fraction of sp³-hybridized carbons (Fsp3) is 0.586. The molecule has 0 bridgehead atoms. The monoisotopic (exact) mass is 480 g/mol. The Morgan fingerprint density at radius 3 is 2.69 bits per heavy atom. The van der Waals surface area contributed by atoms with Gasteiger partial charge in [0.2, 0.25) is 5.79 Å². The lowest BCUT2D eigenvalue weighted by atomic mass is 9.42. The first-order chi connectivity index (χ1) is 16.6. The van der Waals surface area contributed by atoms with Crippen LogP contribution in [0.2, 0.25) is 0 Å². The van der Waals surface area contributed by atoms with Gasteiger partial charge < -0.3 is 19.7 Å². The fourth-order valence-electron chi connectivity index (χ4n) is 8.14. The Balaban J connectivity index is 1.49. The van der Waals surface area contributed by atoms with Crippen molar-refractivity contribution in [3.63, 3.8) is 0 Å². The zero-order valence-electron chi connectivity index (χ0n) is 20.8. The second kappa shape index (κ2) is 8.59. The zero-order chi connectivity index (χ0) is 25.0. The lowest BCUT2D eigenvalue weighted by Gasteiger charge is -2.64. The summed E-state index contributed by atoms with van der Waals surface area (Å²) in [5.41, 5.74) is 0.881. The van der Waals surface area contributed by atoms with E-state index in [1.54, 1.807) is 6.08 Å². The van der Waals surface area contributed by atoms with Crippen LogP contribution in [0.4, 0.5) is 0 Å². The van der Waals surface area contributed by atoms with Crippen LogP contribution < -0.4 is 0 Å². The lowest BCUT2D eigenvalue weighted by molar-refractivity contribution is -0.242. The van der Waals surface area contributed by atoms with Gasteiger partial charge in [0.25, 0.3) is 0 Å². The van der Waals surface area contributed by atoms with E-state index in [-0.39, 0.29) is 47.8 Å². The average Bonchev–Trinajstić information content (AvgIpc) is 3.13. The van der Waals surface area contributed by atoms with Crippen molar-refractivity contribution in [1.29, 1.82) is 0 Å². The van der Waals surface area contributed by atoms with E-state index < -0.39 is 17.2 Å². The van der Waals surface area contributed by atoms with Crippen molar-refractivity contribution in [2.75, 3.05) is 6.61 Å². The van der Waals surface area contributed by atoms with Crippen molar-refractivity contribution in [3.05, 3.63) is 53.6 Å². The molecule has 1 aromatic carbocycles. The summed E-state index contributed by atoms with van der Waals surface area (Å²) in [5, 5.41) is 21.8. The third kappa shape index (κ3) is 3.95. The van der Waals surface area contributed by atoms with Crippen molar-refractivity contribution in [3.8, 4) is 0 Å². The molecule has 2 N–H and O–H groups in total. The SMILES string of the molecule is C[C@H]1C2=CC(=O)O[C@]2(O)C[C@H]2[C@H]1C[C@@H](OC(=O)/C=C/c1ccccc1)[C@H]1[C@](C)(CO)CCC[C@]21C. The number of benzene rings is 1. The molecule has 3 saturated carbocycles. The highest BCUT2D eigenvalue weighted by Gasteiger charge is 2.66. The molecule has 1 aromatic rings. The topological polar surface area (TPSA) is 93.1 Å². The zero-order valence-corrected chi connectivity index (χ0v) is 20.8. The van der Waals surface area contributed by atoms with Gasteiger partial charge in [-0.25, -0.2) is 9.59 Å². The molecule has 3 fully saturated rings. The number of esters is 2. The highest BCUT2D eigenvalue weighted by atomic mass is 16.7. The predicted octanol–water partition coefficient (Wildman–Crippen LogP) is 4.26. The van der Waals surface area contributed by atoms with E-state index in [9.17, 15) is 19.8 Å². The maximum absolute atomic E-state index is 13.0. The summed E-state index contributed by atoms with van der Waals surface area (Å²) in [7, 11) is 0. The molecule has 1 aliphatic heterocycles. The van der Waals surface area contributed by atoms with Crippen molar-refractivity contribution in [1.82, 2.24) is 0 Å². The second-order valence-electron chi connectivity index (χ2n) is 11.7. The third-order valence-corrected chi connectivity index (χ3v) is 9.63. The molecular formula is C29H36O6. The van der Waals surface area contributed by atoms with Crippen molar-refractivity contribution < 1.29 is 29.3 Å². The van der Waals surface area contributed by atoms with Crippen LogP contribution in [-0.2, 0) is 19.1 Å². The molecule has 0 saturated heterocycles. The highest BCUT2D eigenvalue weighted by Crippen LogP contribution is 2.67. The molecule has 0 unspecified atom stereocenters. The smallest absolute Gasteiger partial charge is 0.333 e. The Bertz CT molecular complexity index is 1060. The molecule has 1 heterocycles. The number of fused-ring (bicyclic) bond motifs is 4. The van der Waals surface area contributed by atoms with Crippen LogP contribution >= 0.6 is 0 Å². The van der Waals surface area contributed by atoms with Gasteiger partial charge in [0, 0.05) is 36.7 Å². The Labute approximate surface area is 207 Å². The molecule has 0 amide bonds. The summed E-state index contributed by atoms with van der Waals surface area (Å²) >= 11 is 0. The van der Waals surface area contributed by atoms with E-state index >= 15 is 0 Å². The summed E-state index contributed by atoms with van der Waals surface area (Å²) in [6.07, 6.45) is 8.03. The predicted molar refractivity (Wildman–Crippen MR) is 130 cm³/mol. The highest BCUT2D eigenvalue weighted by molar-refractivity contribution is 5.87. The molecule has 0 radical (unpaired) electrons. The molecule has 3 aliphatic carbocycles. The average molecular weight is 481 g/mol. The molecule has 5 rings (SSSR count). The number of aliphatic hydroxyl groups is 2. The number of aliphatic hydroxyl groups excluding tert-OH is 1. The summed E-state index contributed by atoms with van der Waals surface area (Å²) in [6, 6.07) is 9.63. The minimum Gasteiger partial charge on any atom is -0.459 e. The Hall–Kier alpha value is -2.44. The number of carbonyl (C=O) groups excluding carboxylic acids is 2. The Morgan fingerprint density at radius 2 is 1.97 bits per heavy atom. The van der Waals surface area contributed by atoms with E-state index in [0.717, 1.165) is 24.8 Å². The van der Waals surface area contributed by atoms with Gasteiger partial charge in [-0.05, 0) is 59.5 Å². The van der Waals surface area contributed by atoms with Crippen LogP contribution in [0.3, 0.4) is 0 Å². The number of rotatable bonds is 4. The van der Waals surface area contributed by atoms with E-state index in [1.165, 1.54) is 12.2 Å². The van der Waals surface area contributed by atoms with Crippen molar-refractivity contribution in [2.24, 2.45) is 34.5 Å². The van der Waals surface area contributed by atoms with Crippen LogP contribution in [0.1, 0.15) is 58.4 Å². The Morgan fingerprint density at radius 1 is 1.23 bits per heavy atom. The minimum absolute atomic E-state index is 0.0124. The molecule has 0 spiro atoms. The number of hydrogen-bond donors (Lipinski definition) is 2. The largest absolute Gasteiger partial charge is 0.459 e. The van der Waals surface area contributed by atoms with Gasteiger partial charge in [0.15, 0.2) is 0 Å². The summed E-state index contributed by atoms with van der Waals surface area (Å²) in [6.45, 7) is 6.38. The van der Waals surface area contributed by atoms with Gasteiger partial charge in [-0.2, -0.15) is 0 Å². The lowest BCUT2D eigenvalue weighted by Crippen LogP contribution is -2.63. The summed E-state index contributed by atoms with van der Waals surface area (Å²) < 4.78 is 11.6. The fourth-order valence-corrected chi connectivity index (χ4v) is 8.14. The number of hydrogen-bond acceptors (Lipinski definition) is 6. The van der Waals surface area contributed by atoms with Crippen LogP contribution in [0.15, 0.2) is 48.1 Å². The van der Waals surface area contributed by atoms with Gasteiger partial charge in [-0.1, -0.05) is 57.5 Å². The summed E-state index contributed by atoms with van der Waals surface area (Å²) in [4.78, 5) is 25.1. The maximum Gasteiger partial charge on any atom is 0.333 e. The van der Waals surface area contributed by atoms with Gasteiger partial charge in [-0.15, -0.1) is 0 Å². The molecule has 8 atom stereocenters. The molecule has 188 valence electrons. The molecule has 0 aromatic heterocycles. The number of ether oxygens (including phenoxy) is 2. The van der Waals surface area contributed by atoms with Gasteiger partial charge in [0.1, 0.15) is 6.10 Å². The first-order valence-electron chi connectivity index (χ1n) is 12.8. The minimum atomic E-state index is -1.56. The number of carbonyl (C=O) groups is 2. The normalized spacial score (nSPS) is 42.5. The molecule has 4 aliphatic rings. The molecule has 35 heavy (non-hydrogen) atoms. The van der Waals surface area contributed by atoms with Gasteiger partial charge in [0.05, 0.1) is 0 Å². The van der Waals surface area contributed by atoms with Crippen LogP contribution in [-0.4, -0.2) is 40.6 Å². The quantitative estimate of drug-likeness (QED) is 0.494. The van der Waals surface area contributed by atoms with E-state index in [4.69, 9.17) is 9.47 Å². The van der Waals surface area contributed by atoms with Crippen molar-refractivity contribution in [2.45, 2.75) is 64.8 Å². The van der Waals surface area contributed by atoms with Gasteiger partial charge >= 0.3 is 11.9 Å². The first-order valence-corrected chi connectivity index (χ1v) is 12.8. The molecule has 6 heteroatoms. The van der Waals surface area contributed by atoms with E-state index in [1.807, 2.05) is 37.3 Å². The van der Waals surface area contributed by atoms with Crippen LogP contribution in [0.25, 0.3) is 6.08 Å². The van der Waals surface area contributed by atoms with Crippen molar-refractivity contribution >= 4 is 18.0 Å². The molecular weight excluding hydrogens is 444 g/mol. The van der Waals surface area contributed by atoms with Crippen LogP contribution in [0, 0.1) is 34.5 Å². The van der Waals surface area contributed by atoms with Gasteiger partial charge in [-0.3, -0.25) is 0 Å². The third-order valence-electron chi connectivity index (χ3n) is 9.63. The standard InChI is InChI=1S/C29H36O6/c1-18-20-14-23(34-24(31)11-10-19-8-5-4-6-9-19)26-27(2,17-30)12-7-13-28(26,3)22(20)16-29(33)21(18)15-25(32)35-29/h4-6,8-11,15,18,20,22-23,26,30,33H,7,12-14,16-17H2,1-3H3/b11-10+/t18-,20+,22+,23-,26+,27+,28-,29-/m1/s1. The van der Waals surface area contributed by atoms with Crippen LogP contribution in [0.5, 0.6) is 0 Å². The second-order valence-corrected chi connectivity index (χ2v) is 11.7. The first kappa shape index (κ1) is 24.3. The summed E-state index contributed by atoms with van der Waals surface area (Å²) in [5.74, 6) is -2.36. The van der Waals surface area contributed by atoms with E-state index in [0.29, 0.717) is 18.4 Å². The molecule has 6 nitrogen and oxygen atoms in total. The van der Waals surface area contributed by atoms with E-state index in [2.05, 4.69) is 13.8 Å².